The summed E-state index contributed by atoms with van der Waals surface area (Å²) >= 11 is 0. The minimum atomic E-state index is -1.03. The number of carbonyl (C=O) groups excluding carboxylic acids is 3. The normalized spacial score (nSPS) is 12.0. The Labute approximate surface area is 236 Å². The molecule has 40 heavy (non-hydrogen) atoms. The minimum Gasteiger partial charge on any atom is -0.508 e. The van der Waals surface area contributed by atoms with Gasteiger partial charge in [0.25, 0.3) is 5.91 Å². The quantitative estimate of drug-likeness (QED) is 0.223. The second kappa shape index (κ2) is 14.4. The number of unbranched alkanes of at least 4 members (excludes halogenated alkanes) is 4. The molecular weight excluding hydrogens is 506 g/mol. The highest BCUT2D eigenvalue weighted by atomic mass is 16.6. The second-order valence-corrected chi connectivity index (χ2v) is 10.9. The molecule has 0 saturated carbocycles. The van der Waals surface area contributed by atoms with Gasteiger partial charge in [-0.15, -0.1) is 0 Å². The van der Waals surface area contributed by atoms with E-state index in [2.05, 4.69) is 17.6 Å². The fourth-order valence-corrected chi connectivity index (χ4v) is 4.49. The van der Waals surface area contributed by atoms with Gasteiger partial charge in [-0.3, -0.25) is 9.59 Å². The molecule has 3 N–H and O–H groups in total. The van der Waals surface area contributed by atoms with Gasteiger partial charge in [-0.05, 0) is 67.8 Å². The van der Waals surface area contributed by atoms with E-state index in [1.165, 1.54) is 17.0 Å². The fraction of sp³-hybridized carbons (Fsp3) is 0.406. The maximum absolute atomic E-state index is 13.9. The van der Waals surface area contributed by atoms with E-state index in [0.29, 0.717) is 24.2 Å². The number of amides is 3. The lowest BCUT2D eigenvalue weighted by Crippen LogP contribution is -2.47. The van der Waals surface area contributed by atoms with Crippen LogP contribution in [0, 0.1) is 0 Å². The summed E-state index contributed by atoms with van der Waals surface area (Å²) in [6.07, 6.45) is 4.08. The van der Waals surface area contributed by atoms with E-state index < -0.39 is 29.6 Å². The van der Waals surface area contributed by atoms with Crippen LogP contribution in [0.15, 0.2) is 66.7 Å². The molecule has 0 aromatic heterocycles. The Hall–Kier alpha value is -4.07. The summed E-state index contributed by atoms with van der Waals surface area (Å²) in [7, 11) is 0. The van der Waals surface area contributed by atoms with Gasteiger partial charge < -0.3 is 25.4 Å². The molecule has 3 aromatic rings. The summed E-state index contributed by atoms with van der Waals surface area (Å²) < 4.78 is 5.28. The molecule has 1 atom stereocenters. The predicted molar refractivity (Wildman–Crippen MR) is 158 cm³/mol. The van der Waals surface area contributed by atoms with Gasteiger partial charge in [0.2, 0.25) is 5.91 Å². The zero-order chi connectivity index (χ0) is 29.1. The van der Waals surface area contributed by atoms with Crippen molar-refractivity contribution in [2.75, 3.05) is 18.4 Å². The lowest BCUT2D eigenvalue weighted by molar-refractivity contribution is -0.138. The molecule has 0 aliphatic heterocycles. The van der Waals surface area contributed by atoms with Crippen molar-refractivity contribution in [1.29, 1.82) is 0 Å². The summed E-state index contributed by atoms with van der Waals surface area (Å²) in [6, 6.07) is 18.8. The van der Waals surface area contributed by atoms with Crippen LogP contribution in [0.2, 0.25) is 0 Å². The van der Waals surface area contributed by atoms with Gasteiger partial charge in [0, 0.05) is 12.2 Å². The van der Waals surface area contributed by atoms with Crippen LogP contribution < -0.4 is 10.6 Å². The van der Waals surface area contributed by atoms with Gasteiger partial charge in [0.05, 0.1) is 0 Å². The highest BCUT2D eigenvalue weighted by Crippen LogP contribution is 2.28. The summed E-state index contributed by atoms with van der Waals surface area (Å²) in [4.78, 5) is 41.2. The van der Waals surface area contributed by atoms with Crippen LogP contribution in [0.25, 0.3) is 10.8 Å². The Morgan fingerprint density at radius 3 is 2.33 bits per heavy atom. The van der Waals surface area contributed by atoms with Crippen molar-refractivity contribution in [3.05, 3.63) is 72.3 Å². The first-order valence-electron chi connectivity index (χ1n) is 13.9. The van der Waals surface area contributed by atoms with Crippen LogP contribution >= 0.6 is 0 Å². The first-order valence-corrected chi connectivity index (χ1v) is 13.9. The molecule has 8 nitrogen and oxygen atoms in total. The van der Waals surface area contributed by atoms with E-state index in [0.717, 1.165) is 36.5 Å². The van der Waals surface area contributed by atoms with Crippen LogP contribution in [0.4, 0.5) is 10.5 Å². The Balaban J connectivity index is 1.89. The summed E-state index contributed by atoms with van der Waals surface area (Å²) in [5.41, 5.74) is 0.351. The van der Waals surface area contributed by atoms with Crippen LogP contribution in [0.3, 0.4) is 0 Å². The number of carbonyl (C=O) groups is 3. The van der Waals surface area contributed by atoms with Crippen molar-refractivity contribution in [3.8, 4) is 5.75 Å². The molecule has 0 bridgehead atoms. The molecule has 0 aliphatic carbocycles. The molecule has 0 saturated heterocycles. The maximum atomic E-state index is 13.9. The van der Waals surface area contributed by atoms with Crippen LogP contribution in [0.1, 0.15) is 71.4 Å². The number of phenols is 1. The Kier molecular flexibility index (Phi) is 10.9. The van der Waals surface area contributed by atoms with Crippen LogP contribution in [-0.4, -0.2) is 46.6 Å². The summed E-state index contributed by atoms with van der Waals surface area (Å²) in [5, 5.41) is 17.7. The predicted octanol–water partition coefficient (Wildman–Crippen LogP) is 6.55. The van der Waals surface area contributed by atoms with E-state index in [-0.39, 0.29) is 12.3 Å². The standard InChI is InChI=1S/C32H41N3O5/c1-5-6-7-8-11-19-35(28(37)22-33-31(39)40-32(2,3)4)29(25-15-12-16-27(36)21-25)30(38)34-26-18-17-23-13-9-10-14-24(23)20-26/h9-10,12-18,20-21,29,36H,5-8,11,19,22H2,1-4H3,(H,33,39)(H,34,38). The number of alkyl carbamates (subject to hydrolysis) is 1. The molecule has 0 radical (unpaired) electrons. The number of rotatable bonds is 12. The number of fused-ring (bicyclic) bond motifs is 1. The number of aromatic hydroxyl groups is 1. The molecule has 0 aliphatic rings. The van der Waals surface area contributed by atoms with E-state index in [4.69, 9.17) is 4.74 Å². The zero-order valence-electron chi connectivity index (χ0n) is 23.9. The topological polar surface area (TPSA) is 108 Å². The Morgan fingerprint density at radius 1 is 0.900 bits per heavy atom. The molecule has 214 valence electrons. The van der Waals surface area contributed by atoms with Gasteiger partial charge in [-0.1, -0.05) is 75.1 Å². The number of nitrogens with zero attached hydrogens (tertiary/aromatic N) is 1. The van der Waals surface area contributed by atoms with E-state index >= 15 is 0 Å². The third kappa shape index (κ3) is 9.29. The number of nitrogens with one attached hydrogen (secondary N) is 2. The van der Waals surface area contributed by atoms with Crippen molar-refractivity contribution in [1.82, 2.24) is 10.2 Å². The van der Waals surface area contributed by atoms with E-state index in [1.807, 2.05) is 42.5 Å². The van der Waals surface area contributed by atoms with Crippen molar-refractivity contribution in [2.45, 2.75) is 71.4 Å². The summed E-state index contributed by atoms with van der Waals surface area (Å²) in [6.45, 7) is 7.34. The fourth-order valence-electron chi connectivity index (χ4n) is 4.49. The van der Waals surface area contributed by atoms with Gasteiger partial charge in [-0.2, -0.15) is 0 Å². The van der Waals surface area contributed by atoms with Crippen molar-refractivity contribution >= 4 is 34.4 Å². The molecule has 8 heteroatoms. The third-order valence-electron chi connectivity index (χ3n) is 6.37. The molecule has 0 heterocycles. The number of hydrogen-bond donors (Lipinski definition) is 3. The number of ether oxygens (including phenoxy) is 1. The molecule has 3 aromatic carbocycles. The first-order chi connectivity index (χ1) is 19.1. The van der Waals surface area contributed by atoms with Crippen molar-refractivity contribution < 1.29 is 24.2 Å². The Morgan fingerprint density at radius 2 is 1.62 bits per heavy atom. The summed E-state index contributed by atoms with van der Waals surface area (Å²) in [5.74, 6) is -0.855. The van der Waals surface area contributed by atoms with E-state index in [9.17, 15) is 19.5 Å². The van der Waals surface area contributed by atoms with Crippen LogP contribution in [-0.2, 0) is 14.3 Å². The second-order valence-electron chi connectivity index (χ2n) is 10.9. The van der Waals surface area contributed by atoms with Crippen molar-refractivity contribution in [3.63, 3.8) is 0 Å². The smallest absolute Gasteiger partial charge is 0.408 e. The monoisotopic (exact) mass is 547 g/mol. The highest BCUT2D eigenvalue weighted by molar-refractivity contribution is 6.00. The van der Waals surface area contributed by atoms with Gasteiger partial charge in [-0.25, -0.2) is 4.79 Å². The molecule has 3 amide bonds. The minimum absolute atomic E-state index is 0.0109. The number of benzene rings is 3. The molecule has 0 spiro atoms. The molecule has 0 fully saturated rings. The SMILES string of the molecule is CCCCCCCN(C(=O)CNC(=O)OC(C)(C)C)C(C(=O)Nc1ccc2ccccc2c1)c1cccc(O)c1. The molecule has 3 rings (SSSR count). The lowest BCUT2D eigenvalue weighted by Gasteiger charge is -2.32. The zero-order valence-corrected chi connectivity index (χ0v) is 23.9. The van der Waals surface area contributed by atoms with Crippen LogP contribution in [0.5, 0.6) is 5.75 Å². The van der Waals surface area contributed by atoms with E-state index in [1.54, 1.807) is 32.9 Å². The first kappa shape index (κ1) is 30.5. The third-order valence-corrected chi connectivity index (χ3v) is 6.37. The number of phenolic OH excluding ortho intramolecular Hbond substituents is 1. The average Bonchev–Trinajstić information content (AvgIpc) is 2.90. The largest absolute Gasteiger partial charge is 0.508 e. The van der Waals surface area contributed by atoms with Crippen molar-refractivity contribution in [2.24, 2.45) is 0 Å². The molecular formula is C32H41N3O5. The molecule has 1 unspecified atom stereocenters. The lowest BCUT2D eigenvalue weighted by atomic mass is 10.0. The maximum Gasteiger partial charge on any atom is 0.408 e. The number of hydrogen-bond acceptors (Lipinski definition) is 5. The van der Waals surface area contributed by atoms with Gasteiger partial charge >= 0.3 is 6.09 Å². The Bertz CT molecular complexity index is 1300. The number of anilines is 1. The van der Waals surface area contributed by atoms with Gasteiger partial charge in [0.15, 0.2) is 0 Å². The van der Waals surface area contributed by atoms with Gasteiger partial charge in [0.1, 0.15) is 23.9 Å². The average molecular weight is 548 g/mol. The highest BCUT2D eigenvalue weighted by Gasteiger charge is 2.32.